The van der Waals surface area contributed by atoms with Gasteiger partial charge in [-0.15, -0.1) is 0 Å². The van der Waals surface area contributed by atoms with Gasteiger partial charge in [-0.2, -0.15) is 0 Å². The molecule has 0 bridgehead atoms. The fourth-order valence-corrected chi connectivity index (χ4v) is 4.01. The van der Waals surface area contributed by atoms with Gasteiger partial charge in [0.25, 0.3) is 0 Å². The number of benzene rings is 1. The van der Waals surface area contributed by atoms with Gasteiger partial charge < -0.3 is 20.1 Å². The fraction of sp³-hybridized carbons (Fsp3) is 0.667. The van der Waals surface area contributed by atoms with Gasteiger partial charge in [0.2, 0.25) is 0 Å². The molecular formula is C21H32N2O3. The number of urea groups is 1. The van der Waals surface area contributed by atoms with E-state index in [0.29, 0.717) is 19.0 Å². The second-order valence-corrected chi connectivity index (χ2v) is 8.49. The summed E-state index contributed by atoms with van der Waals surface area (Å²) in [4.78, 5) is 12.1. The Morgan fingerprint density at radius 2 is 2.08 bits per heavy atom. The lowest BCUT2D eigenvalue weighted by molar-refractivity contribution is -0.0837. The lowest BCUT2D eigenvalue weighted by Gasteiger charge is -2.40. The number of fused-ring (bicyclic) bond motifs is 1. The summed E-state index contributed by atoms with van der Waals surface area (Å²) in [5.74, 6) is 1.38. The Morgan fingerprint density at radius 3 is 2.88 bits per heavy atom. The lowest BCUT2D eigenvalue weighted by Crippen LogP contribution is -2.47. The van der Waals surface area contributed by atoms with Crippen LogP contribution in [0.1, 0.15) is 44.7 Å². The molecule has 2 atom stereocenters. The Kier molecular flexibility index (Phi) is 6.07. The van der Waals surface area contributed by atoms with Crippen molar-refractivity contribution in [1.82, 2.24) is 10.6 Å². The van der Waals surface area contributed by atoms with E-state index < -0.39 is 0 Å². The molecule has 2 amide bonds. The third kappa shape index (κ3) is 4.91. The summed E-state index contributed by atoms with van der Waals surface area (Å²) in [6.45, 7) is 9.53. The molecule has 1 aromatic carbocycles. The Morgan fingerprint density at radius 1 is 1.23 bits per heavy atom. The maximum atomic E-state index is 12.1. The molecule has 2 unspecified atom stereocenters. The quantitative estimate of drug-likeness (QED) is 0.847. The van der Waals surface area contributed by atoms with Crippen molar-refractivity contribution in [3.05, 3.63) is 29.3 Å². The molecule has 1 aromatic rings. The van der Waals surface area contributed by atoms with Crippen LogP contribution < -0.4 is 15.4 Å². The topological polar surface area (TPSA) is 59.6 Å². The average molecular weight is 360 g/mol. The number of rotatable bonds is 5. The molecule has 0 spiro atoms. The third-order valence-corrected chi connectivity index (χ3v) is 5.28. The van der Waals surface area contributed by atoms with Crippen molar-refractivity contribution in [3.8, 4) is 5.75 Å². The molecule has 1 fully saturated rings. The highest BCUT2D eigenvalue weighted by Crippen LogP contribution is 2.33. The van der Waals surface area contributed by atoms with Gasteiger partial charge in [-0.25, -0.2) is 4.79 Å². The zero-order chi connectivity index (χ0) is 18.6. The summed E-state index contributed by atoms with van der Waals surface area (Å²) in [6, 6.07) is 6.22. The number of hydrogen-bond acceptors (Lipinski definition) is 3. The zero-order valence-electron chi connectivity index (χ0n) is 16.3. The van der Waals surface area contributed by atoms with Crippen molar-refractivity contribution in [2.24, 2.45) is 11.3 Å². The van der Waals surface area contributed by atoms with E-state index in [1.807, 2.05) is 6.07 Å². The predicted octanol–water partition coefficient (Wildman–Crippen LogP) is 3.30. The van der Waals surface area contributed by atoms with Crippen LogP contribution in [0.4, 0.5) is 4.79 Å². The summed E-state index contributed by atoms with van der Waals surface area (Å²) < 4.78 is 11.5. The van der Waals surface area contributed by atoms with E-state index in [1.54, 1.807) is 0 Å². The molecule has 5 heteroatoms. The van der Waals surface area contributed by atoms with E-state index in [-0.39, 0.29) is 17.6 Å². The van der Waals surface area contributed by atoms with Crippen molar-refractivity contribution in [2.45, 2.75) is 52.6 Å². The second-order valence-electron chi connectivity index (χ2n) is 8.49. The van der Waals surface area contributed by atoms with E-state index in [9.17, 15) is 4.79 Å². The number of amides is 2. The minimum absolute atomic E-state index is 0.0901. The summed E-state index contributed by atoms with van der Waals surface area (Å²) in [6.07, 6.45) is 4.19. The molecule has 0 aliphatic carbocycles. The monoisotopic (exact) mass is 360 g/mol. The Balaban J connectivity index is 1.40. The van der Waals surface area contributed by atoms with Crippen LogP contribution in [0.2, 0.25) is 0 Å². The molecule has 0 saturated carbocycles. The number of carbonyl (C=O) groups excluding carboxylic acids is 1. The largest absolute Gasteiger partial charge is 0.493 e. The number of hydrogen-bond donors (Lipinski definition) is 2. The Labute approximate surface area is 156 Å². The van der Waals surface area contributed by atoms with Gasteiger partial charge in [-0.1, -0.05) is 32.9 Å². The van der Waals surface area contributed by atoms with E-state index in [4.69, 9.17) is 9.47 Å². The van der Waals surface area contributed by atoms with Gasteiger partial charge in [0, 0.05) is 32.0 Å². The van der Waals surface area contributed by atoms with E-state index in [1.165, 1.54) is 11.1 Å². The number of ether oxygens (including phenoxy) is 2. The molecule has 2 heterocycles. The van der Waals surface area contributed by atoms with Crippen molar-refractivity contribution in [1.29, 1.82) is 0 Å². The maximum absolute atomic E-state index is 12.1. The first-order valence-corrected chi connectivity index (χ1v) is 9.81. The van der Waals surface area contributed by atoms with Crippen LogP contribution in [0.15, 0.2) is 18.2 Å². The molecule has 2 N–H and O–H groups in total. The van der Waals surface area contributed by atoms with Gasteiger partial charge >= 0.3 is 6.03 Å². The van der Waals surface area contributed by atoms with Crippen molar-refractivity contribution >= 4 is 6.03 Å². The third-order valence-electron chi connectivity index (χ3n) is 5.28. The van der Waals surface area contributed by atoms with Gasteiger partial charge in [0.1, 0.15) is 5.75 Å². The molecule has 0 aromatic heterocycles. The molecule has 1 saturated heterocycles. The van der Waals surface area contributed by atoms with Crippen LogP contribution in [0.5, 0.6) is 5.75 Å². The molecule has 144 valence electrons. The van der Waals surface area contributed by atoms with Gasteiger partial charge in [-0.3, -0.25) is 0 Å². The first kappa shape index (κ1) is 19.0. The number of nitrogens with one attached hydrogen (secondary N) is 2. The Bertz CT molecular complexity index is 624. The first-order chi connectivity index (χ1) is 12.4. The number of carbonyl (C=O) groups is 1. The highest BCUT2D eigenvalue weighted by molar-refractivity contribution is 5.73. The fourth-order valence-electron chi connectivity index (χ4n) is 4.01. The molecule has 2 aliphatic rings. The smallest absolute Gasteiger partial charge is 0.314 e. The summed E-state index contributed by atoms with van der Waals surface area (Å²) >= 11 is 0. The maximum Gasteiger partial charge on any atom is 0.314 e. The highest BCUT2D eigenvalue weighted by atomic mass is 16.5. The van der Waals surface area contributed by atoms with Crippen molar-refractivity contribution in [3.63, 3.8) is 0 Å². The van der Waals surface area contributed by atoms with E-state index in [2.05, 4.69) is 43.5 Å². The summed E-state index contributed by atoms with van der Waals surface area (Å²) in [7, 11) is 0. The van der Waals surface area contributed by atoms with Crippen LogP contribution in [0.25, 0.3) is 0 Å². The van der Waals surface area contributed by atoms with E-state index >= 15 is 0 Å². The van der Waals surface area contributed by atoms with Gasteiger partial charge in [-0.05, 0) is 41.9 Å². The van der Waals surface area contributed by atoms with Crippen molar-refractivity contribution < 1.29 is 14.3 Å². The predicted molar refractivity (Wildman–Crippen MR) is 103 cm³/mol. The molecule has 26 heavy (non-hydrogen) atoms. The second kappa shape index (κ2) is 8.30. The minimum atomic E-state index is -0.0901. The SMILES string of the molecule is CC(C)(C)C1OCCCC1CNC(=O)NCCc1ccc2c(c1)CCO2. The van der Waals surface area contributed by atoms with E-state index in [0.717, 1.165) is 44.6 Å². The standard InChI is InChI=1S/C21H32N2O3/c1-21(2,3)19-17(5-4-11-26-19)14-23-20(24)22-10-8-15-6-7-18-16(13-15)9-12-25-18/h6-7,13,17,19H,4-5,8-12,14H2,1-3H3,(H2,22,23,24). The summed E-state index contributed by atoms with van der Waals surface area (Å²) in [5, 5.41) is 6.00. The normalized spacial score (nSPS) is 22.4. The van der Waals surface area contributed by atoms with Crippen LogP contribution in [0.3, 0.4) is 0 Å². The lowest BCUT2D eigenvalue weighted by atomic mass is 9.78. The van der Waals surface area contributed by atoms with Crippen molar-refractivity contribution in [2.75, 3.05) is 26.3 Å². The molecule has 5 nitrogen and oxygen atoms in total. The van der Waals surface area contributed by atoms with Crippen LogP contribution in [0, 0.1) is 11.3 Å². The molecular weight excluding hydrogens is 328 g/mol. The molecule has 0 radical (unpaired) electrons. The molecule has 2 aliphatic heterocycles. The van der Waals surface area contributed by atoms with Gasteiger partial charge in [0.05, 0.1) is 12.7 Å². The summed E-state index contributed by atoms with van der Waals surface area (Å²) in [5.41, 5.74) is 2.61. The Hall–Kier alpha value is -1.75. The first-order valence-electron chi connectivity index (χ1n) is 9.81. The van der Waals surface area contributed by atoms with Crippen LogP contribution in [-0.2, 0) is 17.6 Å². The zero-order valence-corrected chi connectivity index (χ0v) is 16.3. The van der Waals surface area contributed by atoms with Crippen LogP contribution >= 0.6 is 0 Å². The highest BCUT2D eigenvalue weighted by Gasteiger charge is 2.35. The van der Waals surface area contributed by atoms with Gasteiger partial charge in [0.15, 0.2) is 0 Å². The minimum Gasteiger partial charge on any atom is -0.493 e. The van der Waals surface area contributed by atoms with Crippen LogP contribution in [-0.4, -0.2) is 38.4 Å². The molecule has 3 rings (SSSR count). The average Bonchev–Trinajstić information content (AvgIpc) is 3.07.